The van der Waals surface area contributed by atoms with Gasteiger partial charge in [0, 0.05) is 0 Å². The van der Waals surface area contributed by atoms with Gasteiger partial charge >= 0.3 is 6.18 Å². The van der Waals surface area contributed by atoms with Gasteiger partial charge in [-0.1, -0.05) is 17.2 Å². The van der Waals surface area contributed by atoms with Gasteiger partial charge in [-0.15, -0.1) is 0 Å². The highest BCUT2D eigenvalue weighted by Crippen LogP contribution is 2.33. The molecule has 0 saturated carbocycles. The van der Waals surface area contributed by atoms with E-state index < -0.39 is 11.7 Å². The summed E-state index contributed by atoms with van der Waals surface area (Å²) in [7, 11) is 0. The fourth-order valence-corrected chi connectivity index (χ4v) is 1.92. The summed E-state index contributed by atoms with van der Waals surface area (Å²) in [5.41, 5.74) is 4.02. The topological polar surface area (TPSA) is 24.4 Å². The summed E-state index contributed by atoms with van der Waals surface area (Å²) in [4.78, 5) is 0. The standard InChI is InChI=1S/C13H12ClF3N2/c1-8-2-4-10(6-8)18-19-12-7-9(13(15,16)17)3-5-11(12)14/h3,5-7,19H,2,4H2,1H3/b18-10+. The van der Waals surface area contributed by atoms with E-state index in [9.17, 15) is 13.2 Å². The summed E-state index contributed by atoms with van der Waals surface area (Å²) < 4.78 is 37.7. The molecule has 2 rings (SSSR count). The van der Waals surface area contributed by atoms with E-state index in [1.54, 1.807) is 0 Å². The molecule has 1 aliphatic carbocycles. The Morgan fingerprint density at radius 2 is 2.00 bits per heavy atom. The maximum atomic E-state index is 12.6. The Hall–Kier alpha value is -1.49. The Balaban J connectivity index is 2.21. The molecule has 0 unspecified atom stereocenters. The van der Waals surface area contributed by atoms with Crippen LogP contribution >= 0.6 is 11.6 Å². The van der Waals surface area contributed by atoms with Crippen molar-refractivity contribution in [2.45, 2.75) is 25.9 Å². The van der Waals surface area contributed by atoms with Gasteiger partial charge < -0.3 is 0 Å². The van der Waals surface area contributed by atoms with Crippen LogP contribution in [0, 0.1) is 0 Å². The van der Waals surface area contributed by atoms with Crippen LogP contribution in [0.4, 0.5) is 18.9 Å². The Labute approximate surface area is 114 Å². The number of anilines is 1. The minimum atomic E-state index is -4.39. The minimum absolute atomic E-state index is 0.155. The highest BCUT2D eigenvalue weighted by Gasteiger charge is 2.30. The first-order valence-electron chi connectivity index (χ1n) is 5.73. The highest BCUT2D eigenvalue weighted by molar-refractivity contribution is 6.33. The normalized spacial score (nSPS) is 17.7. The summed E-state index contributed by atoms with van der Waals surface area (Å²) in [5, 5.41) is 4.27. The Morgan fingerprint density at radius 1 is 1.26 bits per heavy atom. The van der Waals surface area contributed by atoms with Gasteiger partial charge in [-0.05, 0) is 44.0 Å². The van der Waals surface area contributed by atoms with E-state index in [0.29, 0.717) is 0 Å². The summed E-state index contributed by atoms with van der Waals surface area (Å²) in [6.07, 6.45) is -0.765. The number of hydrazone groups is 1. The third-order valence-electron chi connectivity index (χ3n) is 2.80. The predicted molar refractivity (Wildman–Crippen MR) is 70.5 cm³/mol. The average Bonchev–Trinajstić information content (AvgIpc) is 2.72. The van der Waals surface area contributed by atoms with Gasteiger partial charge in [0.2, 0.25) is 0 Å². The van der Waals surface area contributed by atoms with Gasteiger partial charge in [0.05, 0.1) is 22.0 Å². The Morgan fingerprint density at radius 3 is 2.58 bits per heavy atom. The lowest BCUT2D eigenvalue weighted by atomic mass is 10.2. The van der Waals surface area contributed by atoms with Crippen molar-refractivity contribution in [3.05, 3.63) is 40.4 Å². The van der Waals surface area contributed by atoms with Gasteiger partial charge in [0.25, 0.3) is 0 Å². The fraction of sp³-hybridized carbons (Fsp3) is 0.308. The minimum Gasteiger partial charge on any atom is -0.277 e. The number of halogens is 4. The van der Waals surface area contributed by atoms with E-state index in [1.165, 1.54) is 11.6 Å². The molecule has 19 heavy (non-hydrogen) atoms. The number of allylic oxidation sites excluding steroid dienone is 2. The van der Waals surface area contributed by atoms with Crippen molar-refractivity contribution in [1.82, 2.24) is 0 Å². The zero-order valence-corrected chi connectivity index (χ0v) is 10.9. The second-order valence-corrected chi connectivity index (χ2v) is 4.81. The number of alkyl halides is 3. The van der Waals surface area contributed by atoms with Crippen molar-refractivity contribution in [2.24, 2.45) is 5.10 Å². The van der Waals surface area contributed by atoms with Crippen molar-refractivity contribution in [1.29, 1.82) is 0 Å². The number of nitrogens with zero attached hydrogens (tertiary/aromatic N) is 1. The zero-order chi connectivity index (χ0) is 14.0. The van der Waals surface area contributed by atoms with Crippen molar-refractivity contribution >= 4 is 23.0 Å². The lowest BCUT2D eigenvalue weighted by Gasteiger charge is -2.10. The first kappa shape index (κ1) is 13.9. The van der Waals surface area contributed by atoms with E-state index >= 15 is 0 Å². The largest absolute Gasteiger partial charge is 0.416 e. The number of nitrogens with one attached hydrogen (secondary N) is 1. The van der Waals surface area contributed by atoms with Crippen molar-refractivity contribution in [2.75, 3.05) is 5.43 Å². The smallest absolute Gasteiger partial charge is 0.277 e. The molecule has 102 valence electrons. The third-order valence-corrected chi connectivity index (χ3v) is 3.13. The van der Waals surface area contributed by atoms with Crippen LogP contribution in [0.15, 0.2) is 34.9 Å². The van der Waals surface area contributed by atoms with Crippen LogP contribution in [0.3, 0.4) is 0 Å². The van der Waals surface area contributed by atoms with Gasteiger partial charge in [-0.3, -0.25) is 5.43 Å². The Bertz CT molecular complexity index is 547. The molecule has 0 amide bonds. The maximum Gasteiger partial charge on any atom is 0.416 e. The lowest BCUT2D eigenvalue weighted by molar-refractivity contribution is -0.137. The molecule has 0 atom stereocenters. The molecule has 0 spiro atoms. The maximum absolute atomic E-state index is 12.6. The summed E-state index contributed by atoms with van der Waals surface area (Å²) in [5.74, 6) is 0. The molecule has 1 aromatic rings. The van der Waals surface area contributed by atoms with Crippen LogP contribution in [0.5, 0.6) is 0 Å². The van der Waals surface area contributed by atoms with E-state index in [2.05, 4.69) is 10.5 Å². The molecule has 1 aromatic carbocycles. The van der Waals surface area contributed by atoms with Crippen LogP contribution in [0.2, 0.25) is 5.02 Å². The Kier molecular flexibility index (Phi) is 3.85. The van der Waals surface area contributed by atoms with Crippen molar-refractivity contribution < 1.29 is 13.2 Å². The lowest BCUT2D eigenvalue weighted by Crippen LogP contribution is -2.05. The van der Waals surface area contributed by atoms with E-state index in [0.717, 1.165) is 30.7 Å². The number of hydrogen-bond acceptors (Lipinski definition) is 2. The highest BCUT2D eigenvalue weighted by atomic mass is 35.5. The van der Waals surface area contributed by atoms with Gasteiger partial charge in [0.15, 0.2) is 0 Å². The molecule has 0 aromatic heterocycles. The molecule has 0 aliphatic heterocycles. The van der Waals surface area contributed by atoms with E-state index in [4.69, 9.17) is 11.6 Å². The molecule has 0 heterocycles. The predicted octanol–water partition coefficient (Wildman–Crippen LogP) is 4.87. The van der Waals surface area contributed by atoms with Crippen LogP contribution in [0.25, 0.3) is 0 Å². The number of rotatable bonds is 2. The first-order valence-corrected chi connectivity index (χ1v) is 6.10. The number of benzene rings is 1. The quantitative estimate of drug-likeness (QED) is 0.772. The SMILES string of the molecule is CC1=C/C(=N/Nc2cc(C(F)(F)F)ccc2Cl)CC1. The van der Waals surface area contributed by atoms with Crippen molar-refractivity contribution in [3.63, 3.8) is 0 Å². The molecule has 1 N–H and O–H groups in total. The fourth-order valence-electron chi connectivity index (χ4n) is 1.76. The molecule has 0 radical (unpaired) electrons. The first-order chi connectivity index (χ1) is 8.86. The van der Waals surface area contributed by atoms with Crippen LogP contribution in [-0.4, -0.2) is 5.71 Å². The average molecular weight is 289 g/mol. The molecule has 0 saturated heterocycles. The molecule has 0 bridgehead atoms. The molecule has 1 aliphatic rings. The molecule has 0 fully saturated rings. The monoisotopic (exact) mass is 288 g/mol. The van der Waals surface area contributed by atoms with Crippen LogP contribution in [0.1, 0.15) is 25.3 Å². The summed E-state index contributed by atoms with van der Waals surface area (Å²) >= 11 is 5.85. The van der Waals surface area contributed by atoms with Gasteiger partial charge in [0.1, 0.15) is 0 Å². The molecular formula is C13H12ClF3N2. The second kappa shape index (κ2) is 5.25. The van der Waals surface area contributed by atoms with E-state index in [1.807, 2.05) is 13.0 Å². The van der Waals surface area contributed by atoms with Crippen molar-refractivity contribution in [3.8, 4) is 0 Å². The van der Waals surface area contributed by atoms with Gasteiger partial charge in [-0.2, -0.15) is 18.3 Å². The summed E-state index contributed by atoms with van der Waals surface area (Å²) in [6.45, 7) is 1.99. The molecule has 6 heteroatoms. The van der Waals surface area contributed by atoms with Crippen LogP contribution < -0.4 is 5.43 Å². The second-order valence-electron chi connectivity index (χ2n) is 4.40. The van der Waals surface area contributed by atoms with E-state index in [-0.39, 0.29) is 10.7 Å². The molecule has 2 nitrogen and oxygen atoms in total. The summed E-state index contributed by atoms with van der Waals surface area (Å²) in [6, 6.07) is 3.11. The number of hydrogen-bond donors (Lipinski definition) is 1. The van der Waals surface area contributed by atoms with Gasteiger partial charge in [-0.25, -0.2) is 0 Å². The van der Waals surface area contributed by atoms with Crippen LogP contribution in [-0.2, 0) is 6.18 Å². The molecular weight excluding hydrogens is 277 g/mol. The zero-order valence-electron chi connectivity index (χ0n) is 10.2. The third kappa shape index (κ3) is 3.50.